The van der Waals surface area contributed by atoms with Crippen LogP contribution in [0.25, 0.3) is 11.1 Å². The van der Waals surface area contributed by atoms with Crippen LogP contribution in [0.1, 0.15) is 33.4 Å². The standard InChI is InChI=1S/C34H30Br2N2O8/c1-19-23(17-45-29-11-9-21(13-27(29)35)15-37-31(39)33(41)42)5-3-7-25(19)26-8-4-6-24(20(26)2)18-46-30-12-10-22(14-28(30)36)16-38-32(40)34(43)44/h3-14H,15-18H2,1-2H3,(H,37,39)(H,38,40)(H,41,42)(H,43,44). The van der Waals surface area contributed by atoms with E-state index in [1.807, 2.05) is 24.3 Å². The van der Waals surface area contributed by atoms with Gasteiger partial charge in [-0.2, -0.15) is 0 Å². The molecule has 4 aromatic rings. The summed E-state index contributed by atoms with van der Waals surface area (Å²) in [7, 11) is 0. The number of ether oxygens (including phenoxy) is 2. The minimum Gasteiger partial charge on any atom is -0.488 e. The highest BCUT2D eigenvalue weighted by Crippen LogP contribution is 2.33. The van der Waals surface area contributed by atoms with E-state index in [-0.39, 0.29) is 13.1 Å². The number of carboxylic acid groups (broad SMARTS) is 2. The number of aliphatic carboxylic acids is 2. The number of nitrogens with one attached hydrogen (secondary N) is 2. The molecule has 0 aliphatic heterocycles. The number of benzene rings is 4. The number of amides is 2. The summed E-state index contributed by atoms with van der Waals surface area (Å²) in [5.74, 6) is -3.98. The van der Waals surface area contributed by atoms with E-state index in [0.29, 0.717) is 33.7 Å². The maximum Gasteiger partial charge on any atom is 0.394 e. The van der Waals surface area contributed by atoms with Gasteiger partial charge in [-0.05, 0) is 114 Å². The molecular formula is C34H30Br2N2O8. The number of carboxylic acids is 2. The summed E-state index contributed by atoms with van der Waals surface area (Å²) in [6, 6.07) is 22.7. The molecule has 0 spiro atoms. The molecule has 0 aliphatic rings. The topological polar surface area (TPSA) is 151 Å². The molecule has 0 radical (unpaired) electrons. The van der Waals surface area contributed by atoms with Gasteiger partial charge >= 0.3 is 23.8 Å². The van der Waals surface area contributed by atoms with Crippen LogP contribution in [-0.2, 0) is 45.5 Å². The van der Waals surface area contributed by atoms with Crippen molar-refractivity contribution in [3.05, 3.63) is 115 Å². The van der Waals surface area contributed by atoms with Gasteiger partial charge in [0.05, 0.1) is 8.95 Å². The average Bonchev–Trinajstić information content (AvgIpc) is 3.02. The first kappa shape index (κ1) is 34.2. The van der Waals surface area contributed by atoms with Gasteiger partial charge < -0.3 is 30.3 Å². The molecule has 238 valence electrons. The van der Waals surface area contributed by atoms with Gasteiger partial charge in [0.25, 0.3) is 0 Å². The van der Waals surface area contributed by atoms with Gasteiger partial charge in [-0.15, -0.1) is 0 Å². The number of carbonyl (C=O) groups is 4. The first-order valence-electron chi connectivity index (χ1n) is 14.0. The molecule has 0 aromatic heterocycles. The van der Waals surface area contributed by atoms with Crippen LogP contribution in [0, 0.1) is 13.8 Å². The summed E-state index contributed by atoms with van der Waals surface area (Å²) in [5.41, 5.74) is 7.73. The molecule has 0 aliphatic carbocycles. The highest BCUT2D eigenvalue weighted by Gasteiger charge is 2.15. The van der Waals surface area contributed by atoms with E-state index in [1.54, 1.807) is 36.4 Å². The largest absolute Gasteiger partial charge is 0.488 e. The fourth-order valence-corrected chi connectivity index (χ4v) is 5.71. The monoisotopic (exact) mass is 752 g/mol. The van der Waals surface area contributed by atoms with Crippen LogP contribution < -0.4 is 20.1 Å². The van der Waals surface area contributed by atoms with Crippen molar-refractivity contribution >= 4 is 55.6 Å². The highest BCUT2D eigenvalue weighted by molar-refractivity contribution is 9.10. The van der Waals surface area contributed by atoms with Gasteiger partial charge in [0.15, 0.2) is 0 Å². The summed E-state index contributed by atoms with van der Waals surface area (Å²) >= 11 is 6.99. The molecule has 4 N–H and O–H groups in total. The first-order valence-corrected chi connectivity index (χ1v) is 15.5. The summed E-state index contributed by atoms with van der Waals surface area (Å²) in [6.07, 6.45) is 0. The van der Waals surface area contributed by atoms with Gasteiger partial charge in [-0.25, -0.2) is 9.59 Å². The van der Waals surface area contributed by atoms with Gasteiger partial charge in [-0.1, -0.05) is 48.5 Å². The zero-order valence-corrected chi connectivity index (χ0v) is 28.0. The van der Waals surface area contributed by atoms with Crippen LogP contribution in [0.3, 0.4) is 0 Å². The maximum atomic E-state index is 11.3. The summed E-state index contributed by atoms with van der Waals surface area (Å²) < 4.78 is 13.6. The number of hydrogen-bond acceptors (Lipinski definition) is 6. The SMILES string of the molecule is Cc1c(COc2ccc(CNC(=O)C(=O)O)cc2Br)cccc1-c1cccc(COc2ccc(CNC(=O)C(=O)O)cc2Br)c1C. The fraction of sp³-hybridized carbons (Fsp3) is 0.176. The van der Waals surface area contributed by atoms with Crippen molar-refractivity contribution in [1.29, 1.82) is 0 Å². The zero-order valence-electron chi connectivity index (χ0n) is 24.9. The highest BCUT2D eigenvalue weighted by atomic mass is 79.9. The van der Waals surface area contributed by atoms with Crippen molar-refractivity contribution in [2.24, 2.45) is 0 Å². The maximum absolute atomic E-state index is 11.3. The Morgan fingerprint density at radius 3 is 1.37 bits per heavy atom. The Balaban J connectivity index is 1.43. The van der Waals surface area contributed by atoms with Crippen LogP contribution in [-0.4, -0.2) is 34.0 Å². The van der Waals surface area contributed by atoms with Crippen molar-refractivity contribution in [3.63, 3.8) is 0 Å². The summed E-state index contributed by atoms with van der Waals surface area (Å²) in [4.78, 5) is 44.1. The average molecular weight is 754 g/mol. The number of rotatable bonds is 11. The first-order chi connectivity index (χ1) is 21.9. The van der Waals surface area contributed by atoms with Gasteiger partial charge in [-0.3, -0.25) is 9.59 Å². The molecule has 12 heteroatoms. The van der Waals surface area contributed by atoms with Crippen molar-refractivity contribution in [3.8, 4) is 22.6 Å². The van der Waals surface area contributed by atoms with E-state index in [4.69, 9.17) is 19.7 Å². The number of carbonyl (C=O) groups excluding carboxylic acids is 2. The number of hydrogen-bond donors (Lipinski definition) is 4. The predicted octanol–water partition coefficient (Wildman–Crippen LogP) is 6.06. The Bertz CT molecular complexity index is 1680. The third-order valence-corrected chi connectivity index (χ3v) is 8.48. The second-order valence-electron chi connectivity index (χ2n) is 10.3. The summed E-state index contributed by atoms with van der Waals surface area (Å²) in [5, 5.41) is 22.1. The third kappa shape index (κ3) is 8.73. The molecule has 10 nitrogen and oxygen atoms in total. The smallest absolute Gasteiger partial charge is 0.394 e. The molecule has 0 saturated carbocycles. The van der Waals surface area contributed by atoms with E-state index in [1.165, 1.54) is 0 Å². The second kappa shape index (κ2) is 15.5. The van der Waals surface area contributed by atoms with Crippen molar-refractivity contribution in [1.82, 2.24) is 10.6 Å². The molecule has 46 heavy (non-hydrogen) atoms. The van der Waals surface area contributed by atoms with E-state index in [9.17, 15) is 19.2 Å². The van der Waals surface area contributed by atoms with Crippen molar-refractivity contribution in [2.45, 2.75) is 40.2 Å². The molecular weight excluding hydrogens is 724 g/mol. The lowest BCUT2D eigenvalue weighted by molar-refractivity contribution is -0.150. The minimum absolute atomic E-state index is 0.0786. The Hall–Kier alpha value is -4.68. The Morgan fingerprint density at radius 2 is 1.02 bits per heavy atom. The van der Waals surface area contributed by atoms with Crippen LogP contribution in [0.4, 0.5) is 0 Å². The zero-order chi connectivity index (χ0) is 33.4. The van der Waals surface area contributed by atoms with E-state index in [0.717, 1.165) is 44.5 Å². The lowest BCUT2D eigenvalue weighted by Gasteiger charge is -2.17. The van der Waals surface area contributed by atoms with Crippen molar-refractivity contribution < 1.29 is 38.9 Å². The Labute approximate surface area is 282 Å². The lowest BCUT2D eigenvalue weighted by Crippen LogP contribution is -2.30. The van der Waals surface area contributed by atoms with Crippen molar-refractivity contribution in [2.75, 3.05) is 0 Å². The van der Waals surface area contributed by atoms with E-state index in [2.05, 4.69) is 68.5 Å². The second-order valence-corrected chi connectivity index (χ2v) is 12.0. The normalized spacial score (nSPS) is 10.6. The Morgan fingerprint density at radius 1 is 0.630 bits per heavy atom. The van der Waals surface area contributed by atoms with E-state index >= 15 is 0 Å². The lowest BCUT2D eigenvalue weighted by atomic mass is 9.92. The molecule has 0 atom stereocenters. The van der Waals surface area contributed by atoms with Crippen LogP contribution in [0.5, 0.6) is 11.5 Å². The quantitative estimate of drug-likeness (QED) is 0.135. The summed E-state index contributed by atoms with van der Waals surface area (Å²) in [6.45, 7) is 4.90. The Kier molecular flexibility index (Phi) is 11.6. The van der Waals surface area contributed by atoms with Gasteiger partial charge in [0.1, 0.15) is 24.7 Å². The predicted molar refractivity (Wildman–Crippen MR) is 177 cm³/mol. The van der Waals surface area contributed by atoms with Crippen LogP contribution >= 0.6 is 31.9 Å². The number of halogens is 2. The van der Waals surface area contributed by atoms with Crippen LogP contribution in [0.2, 0.25) is 0 Å². The molecule has 0 unspecified atom stereocenters. The minimum atomic E-state index is -1.53. The third-order valence-electron chi connectivity index (χ3n) is 7.24. The molecule has 4 aromatic carbocycles. The van der Waals surface area contributed by atoms with Gasteiger partial charge in [0, 0.05) is 13.1 Å². The van der Waals surface area contributed by atoms with Gasteiger partial charge in [0.2, 0.25) is 0 Å². The molecule has 0 fully saturated rings. The molecule has 4 rings (SSSR count). The molecule has 0 bridgehead atoms. The molecule has 0 saturated heterocycles. The fourth-order valence-electron chi connectivity index (χ4n) is 4.63. The van der Waals surface area contributed by atoms with E-state index < -0.39 is 23.8 Å². The molecule has 2 amide bonds. The molecule has 0 heterocycles. The van der Waals surface area contributed by atoms with Crippen LogP contribution in [0.15, 0.2) is 81.7 Å².